The van der Waals surface area contributed by atoms with Crippen molar-refractivity contribution in [1.29, 1.82) is 0 Å². The van der Waals surface area contributed by atoms with E-state index in [4.69, 9.17) is 14.2 Å². The van der Waals surface area contributed by atoms with Gasteiger partial charge in [0.05, 0.1) is 19.3 Å². The summed E-state index contributed by atoms with van der Waals surface area (Å²) in [6, 6.07) is 6.99. The maximum Gasteiger partial charge on any atom is 0.263 e. The fourth-order valence-electron chi connectivity index (χ4n) is 2.86. The maximum atomic E-state index is 12.2. The van der Waals surface area contributed by atoms with Crippen molar-refractivity contribution < 1.29 is 19.0 Å². The van der Waals surface area contributed by atoms with E-state index in [1.807, 2.05) is 13.8 Å². The molecule has 29 heavy (non-hydrogen) atoms. The number of carbonyl (C=O) groups excluding carboxylic acids is 1. The van der Waals surface area contributed by atoms with Gasteiger partial charge in [-0.2, -0.15) is 0 Å². The number of hydrogen-bond acceptors (Lipinski definition) is 7. The lowest BCUT2D eigenvalue weighted by atomic mass is 10.2. The molecular formula is C21H28N4O4. The fraction of sp³-hybridized carbons (Fsp3) is 0.476. The minimum absolute atomic E-state index is 0.116. The van der Waals surface area contributed by atoms with Gasteiger partial charge in [0.25, 0.3) is 11.8 Å². The van der Waals surface area contributed by atoms with Gasteiger partial charge >= 0.3 is 0 Å². The first-order chi connectivity index (χ1) is 14.1. The Balaban J connectivity index is 1.55. The van der Waals surface area contributed by atoms with E-state index < -0.39 is 0 Å². The standard InChI is InChI=1S/C21H28N4O4/c1-16(2)28-13-3-8-23-20(26)17-4-6-18(7-5-17)29-21-19(22-9-10-24-21)25-11-14-27-15-12-25/h4-7,9-10,16H,3,8,11-15H2,1-2H3,(H,23,26). The lowest BCUT2D eigenvalue weighted by Crippen LogP contribution is -2.37. The van der Waals surface area contributed by atoms with Crippen LogP contribution in [-0.4, -0.2) is 61.4 Å². The first-order valence-corrected chi connectivity index (χ1v) is 9.95. The summed E-state index contributed by atoms with van der Waals surface area (Å²) in [4.78, 5) is 23.1. The summed E-state index contributed by atoms with van der Waals surface area (Å²) in [5.41, 5.74) is 0.578. The van der Waals surface area contributed by atoms with Crippen LogP contribution in [0.1, 0.15) is 30.6 Å². The average molecular weight is 400 g/mol. The number of morpholine rings is 1. The molecule has 1 fully saturated rings. The van der Waals surface area contributed by atoms with E-state index >= 15 is 0 Å². The number of hydrogen-bond donors (Lipinski definition) is 1. The van der Waals surface area contributed by atoms with E-state index in [1.165, 1.54) is 0 Å². The average Bonchev–Trinajstić information content (AvgIpc) is 2.75. The summed E-state index contributed by atoms with van der Waals surface area (Å²) in [7, 11) is 0. The molecule has 1 aliphatic heterocycles. The number of carbonyl (C=O) groups is 1. The molecule has 1 N–H and O–H groups in total. The lowest BCUT2D eigenvalue weighted by Gasteiger charge is -2.28. The van der Waals surface area contributed by atoms with Gasteiger partial charge < -0.3 is 24.4 Å². The number of ether oxygens (including phenoxy) is 3. The van der Waals surface area contributed by atoms with Gasteiger partial charge in [-0.1, -0.05) is 0 Å². The van der Waals surface area contributed by atoms with Crippen molar-refractivity contribution >= 4 is 11.7 Å². The summed E-state index contributed by atoms with van der Waals surface area (Å²) in [6.07, 6.45) is 4.24. The van der Waals surface area contributed by atoms with Crippen molar-refractivity contribution in [2.24, 2.45) is 0 Å². The molecule has 0 aliphatic carbocycles. The highest BCUT2D eigenvalue weighted by Gasteiger charge is 2.18. The summed E-state index contributed by atoms with van der Waals surface area (Å²) in [6.45, 7) is 8.00. The van der Waals surface area contributed by atoms with Gasteiger partial charge in [0.1, 0.15) is 5.75 Å². The highest BCUT2D eigenvalue weighted by Crippen LogP contribution is 2.28. The maximum absolute atomic E-state index is 12.2. The molecule has 1 saturated heterocycles. The number of nitrogens with zero attached hydrogens (tertiary/aromatic N) is 3. The number of benzene rings is 1. The van der Waals surface area contributed by atoms with Crippen LogP contribution in [0.2, 0.25) is 0 Å². The van der Waals surface area contributed by atoms with Gasteiger partial charge in [-0.3, -0.25) is 4.79 Å². The van der Waals surface area contributed by atoms with Gasteiger partial charge in [0.2, 0.25) is 0 Å². The molecule has 0 spiro atoms. The van der Waals surface area contributed by atoms with Gasteiger partial charge in [0, 0.05) is 44.2 Å². The normalized spacial score (nSPS) is 14.1. The molecule has 3 rings (SSSR count). The number of aromatic nitrogens is 2. The van der Waals surface area contributed by atoms with Crippen LogP contribution in [0, 0.1) is 0 Å². The Bertz CT molecular complexity index is 777. The number of anilines is 1. The van der Waals surface area contributed by atoms with E-state index in [0.29, 0.717) is 49.4 Å². The Labute approximate surface area is 171 Å². The third-order valence-corrected chi connectivity index (χ3v) is 4.35. The molecule has 0 bridgehead atoms. The van der Waals surface area contributed by atoms with E-state index in [-0.39, 0.29) is 12.0 Å². The van der Waals surface area contributed by atoms with Gasteiger partial charge in [-0.25, -0.2) is 9.97 Å². The molecule has 8 nitrogen and oxygen atoms in total. The predicted octanol–water partition coefficient (Wildman–Crippen LogP) is 2.65. The summed E-state index contributed by atoms with van der Waals surface area (Å²) in [5.74, 6) is 1.62. The fourth-order valence-corrected chi connectivity index (χ4v) is 2.86. The second-order valence-electron chi connectivity index (χ2n) is 6.94. The second-order valence-corrected chi connectivity index (χ2v) is 6.94. The molecule has 2 aromatic rings. The van der Waals surface area contributed by atoms with Crippen molar-refractivity contribution in [3.05, 3.63) is 42.2 Å². The van der Waals surface area contributed by atoms with E-state index in [9.17, 15) is 4.79 Å². The van der Waals surface area contributed by atoms with Crippen LogP contribution in [0.3, 0.4) is 0 Å². The monoisotopic (exact) mass is 400 g/mol. The minimum atomic E-state index is -0.116. The summed E-state index contributed by atoms with van der Waals surface area (Å²) < 4.78 is 16.8. The number of amides is 1. The Morgan fingerprint density at radius 1 is 1.17 bits per heavy atom. The third-order valence-electron chi connectivity index (χ3n) is 4.35. The van der Waals surface area contributed by atoms with Crippen LogP contribution < -0.4 is 15.0 Å². The molecule has 0 unspecified atom stereocenters. The van der Waals surface area contributed by atoms with Crippen molar-refractivity contribution in [2.75, 3.05) is 44.4 Å². The largest absolute Gasteiger partial charge is 0.436 e. The van der Waals surface area contributed by atoms with Crippen LogP contribution in [0.25, 0.3) is 0 Å². The molecule has 0 radical (unpaired) electrons. The highest BCUT2D eigenvalue weighted by molar-refractivity contribution is 5.94. The minimum Gasteiger partial charge on any atom is -0.436 e. The Kier molecular flexibility index (Phi) is 7.77. The first-order valence-electron chi connectivity index (χ1n) is 9.95. The molecule has 8 heteroatoms. The molecular weight excluding hydrogens is 372 g/mol. The predicted molar refractivity (Wildman–Crippen MR) is 110 cm³/mol. The zero-order chi connectivity index (χ0) is 20.5. The van der Waals surface area contributed by atoms with Crippen LogP contribution in [0.4, 0.5) is 5.82 Å². The smallest absolute Gasteiger partial charge is 0.263 e. The second kappa shape index (κ2) is 10.7. The zero-order valence-corrected chi connectivity index (χ0v) is 17.0. The zero-order valence-electron chi connectivity index (χ0n) is 17.0. The van der Waals surface area contributed by atoms with Crippen molar-refractivity contribution in [1.82, 2.24) is 15.3 Å². The van der Waals surface area contributed by atoms with Gasteiger partial charge in [-0.15, -0.1) is 0 Å². The third kappa shape index (κ3) is 6.40. The van der Waals surface area contributed by atoms with Crippen molar-refractivity contribution in [3.63, 3.8) is 0 Å². The Morgan fingerprint density at radius 2 is 1.90 bits per heavy atom. The number of rotatable bonds is 9. The molecule has 2 heterocycles. The molecule has 1 aliphatic rings. The van der Waals surface area contributed by atoms with Crippen LogP contribution in [-0.2, 0) is 9.47 Å². The Morgan fingerprint density at radius 3 is 2.62 bits per heavy atom. The van der Waals surface area contributed by atoms with Crippen LogP contribution in [0.5, 0.6) is 11.6 Å². The first kappa shape index (κ1) is 21.0. The molecule has 0 atom stereocenters. The molecule has 0 saturated carbocycles. The molecule has 1 amide bonds. The highest BCUT2D eigenvalue weighted by atomic mass is 16.5. The summed E-state index contributed by atoms with van der Waals surface area (Å²) in [5, 5.41) is 2.89. The topological polar surface area (TPSA) is 85.8 Å². The molecule has 1 aromatic heterocycles. The van der Waals surface area contributed by atoms with Crippen molar-refractivity contribution in [2.45, 2.75) is 26.4 Å². The quantitative estimate of drug-likeness (QED) is 0.648. The van der Waals surface area contributed by atoms with Crippen LogP contribution in [0.15, 0.2) is 36.7 Å². The van der Waals surface area contributed by atoms with Gasteiger partial charge in [0.15, 0.2) is 5.82 Å². The van der Waals surface area contributed by atoms with Crippen LogP contribution >= 0.6 is 0 Å². The van der Waals surface area contributed by atoms with Gasteiger partial charge in [-0.05, 0) is 44.5 Å². The van der Waals surface area contributed by atoms with E-state index in [1.54, 1.807) is 36.7 Å². The van der Waals surface area contributed by atoms with E-state index in [2.05, 4.69) is 20.2 Å². The molecule has 156 valence electrons. The lowest BCUT2D eigenvalue weighted by molar-refractivity contribution is 0.0757. The summed E-state index contributed by atoms with van der Waals surface area (Å²) >= 11 is 0. The Hall–Kier alpha value is -2.71. The van der Waals surface area contributed by atoms with E-state index in [0.717, 1.165) is 19.5 Å². The molecule has 1 aromatic carbocycles. The SMILES string of the molecule is CC(C)OCCCNC(=O)c1ccc(Oc2nccnc2N2CCOCC2)cc1. The number of nitrogens with one attached hydrogen (secondary N) is 1. The van der Waals surface area contributed by atoms with Crippen molar-refractivity contribution in [3.8, 4) is 11.6 Å².